The second-order valence-electron chi connectivity index (χ2n) is 5.79. The quantitative estimate of drug-likeness (QED) is 0.758. The Kier molecular flexibility index (Phi) is 4.97. The van der Waals surface area contributed by atoms with Gasteiger partial charge in [0, 0.05) is 30.3 Å². The van der Waals surface area contributed by atoms with Crippen LogP contribution in [0.5, 0.6) is 5.75 Å². The molecule has 3 rings (SSSR count). The Balaban J connectivity index is 1.80. The summed E-state index contributed by atoms with van der Waals surface area (Å²) in [5, 5.41) is 6.89. The first-order valence-electron chi connectivity index (χ1n) is 7.86. The summed E-state index contributed by atoms with van der Waals surface area (Å²) >= 11 is 0. The lowest BCUT2D eigenvalue weighted by molar-refractivity contribution is 0.0785. The molecule has 0 saturated heterocycles. The van der Waals surface area contributed by atoms with Crippen molar-refractivity contribution in [3.63, 3.8) is 0 Å². The van der Waals surface area contributed by atoms with Crippen LogP contribution in [0.15, 0.2) is 48.7 Å². The number of halogens is 2. The van der Waals surface area contributed by atoms with E-state index in [4.69, 9.17) is 4.74 Å². The van der Waals surface area contributed by atoms with Gasteiger partial charge in [-0.2, -0.15) is 5.10 Å². The largest absolute Gasteiger partial charge is 0.494 e. The van der Waals surface area contributed by atoms with E-state index in [1.165, 1.54) is 42.3 Å². The van der Waals surface area contributed by atoms with Gasteiger partial charge in [0.15, 0.2) is 11.6 Å². The Morgan fingerprint density at radius 3 is 2.62 bits per heavy atom. The predicted octanol–water partition coefficient (Wildman–Crippen LogP) is 3.64. The smallest absolute Gasteiger partial charge is 0.254 e. The number of aromatic amines is 1. The molecule has 0 bridgehead atoms. The van der Waals surface area contributed by atoms with Crippen LogP contribution in [-0.2, 0) is 6.54 Å². The van der Waals surface area contributed by atoms with Gasteiger partial charge >= 0.3 is 0 Å². The lowest BCUT2D eigenvalue weighted by atomic mass is 10.1. The highest BCUT2D eigenvalue weighted by atomic mass is 19.1. The second kappa shape index (κ2) is 7.35. The fourth-order valence-electron chi connectivity index (χ4n) is 2.64. The number of hydrogen-bond donors (Lipinski definition) is 1. The molecule has 1 N–H and O–H groups in total. The molecular formula is C19H17F2N3O2. The molecule has 7 heteroatoms. The Bertz CT molecular complexity index is 923. The van der Waals surface area contributed by atoms with E-state index in [1.807, 2.05) is 0 Å². The van der Waals surface area contributed by atoms with Crippen molar-refractivity contribution in [2.24, 2.45) is 0 Å². The molecule has 0 fully saturated rings. The Morgan fingerprint density at radius 2 is 1.92 bits per heavy atom. The second-order valence-corrected chi connectivity index (χ2v) is 5.79. The van der Waals surface area contributed by atoms with E-state index in [-0.39, 0.29) is 24.0 Å². The number of hydrogen-bond acceptors (Lipinski definition) is 3. The normalized spacial score (nSPS) is 10.6. The Morgan fingerprint density at radius 1 is 1.19 bits per heavy atom. The van der Waals surface area contributed by atoms with Gasteiger partial charge in [0.1, 0.15) is 5.82 Å². The monoisotopic (exact) mass is 357 g/mol. The van der Waals surface area contributed by atoms with Crippen LogP contribution in [-0.4, -0.2) is 35.2 Å². The van der Waals surface area contributed by atoms with Crippen LogP contribution in [0.3, 0.4) is 0 Å². The van der Waals surface area contributed by atoms with E-state index in [9.17, 15) is 13.6 Å². The van der Waals surface area contributed by atoms with Gasteiger partial charge < -0.3 is 9.64 Å². The molecule has 0 aliphatic rings. The first-order chi connectivity index (χ1) is 12.5. The highest BCUT2D eigenvalue weighted by molar-refractivity contribution is 5.94. The van der Waals surface area contributed by atoms with E-state index in [1.54, 1.807) is 25.4 Å². The van der Waals surface area contributed by atoms with Crippen LogP contribution >= 0.6 is 0 Å². The van der Waals surface area contributed by atoms with Crippen molar-refractivity contribution in [2.75, 3.05) is 14.2 Å². The lowest BCUT2D eigenvalue weighted by Crippen LogP contribution is -2.26. The van der Waals surface area contributed by atoms with Crippen molar-refractivity contribution in [1.29, 1.82) is 0 Å². The number of benzene rings is 2. The first-order valence-corrected chi connectivity index (χ1v) is 7.86. The van der Waals surface area contributed by atoms with Crippen LogP contribution < -0.4 is 4.74 Å². The zero-order valence-corrected chi connectivity index (χ0v) is 14.3. The molecule has 26 heavy (non-hydrogen) atoms. The number of carbonyl (C=O) groups excluding carboxylic acids is 1. The van der Waals surface area contributed by atoms with Crippen molar-refractivity contribution < 1.29 is 18.3 Å². The van der Waals surface area contributed by atoms with Crippen molar-refractivity contribution >= 4 is 5.91 Å². The standard InChI is InChI=1S/C19H17F2N3O2/c1-24(19(25)13-5-8-16(21)17(9-13)26-2)11-14-10-22-23-18(14)12-3-6-15(20)7-4-12/h3-10H,11H2,1-2H3,(H,22,23). The van der Waals surface area contributed by atoms with Crippen molar-refractivity contribution in [3.8, 4) is 17.0 Å². The van der Waals surface area contributed by atoms with Crippen LogP contribution in [0.1, 0.15) is 15.9 Å². The molecule has 1 aromatic heterocycles. The summed E-state index contributed by atoms with van der Waals surface area (Å²) in [7, 11) is 2.98. The fourth-order valence-corrected chi connectivity index (χ4v) is 2.64. The number of aromatic nitrogens is 2. The van der Waals surface area contributed by atoms with Crippen molar-refractivity contribution in [1.82, 2.24) is 15.1 Å². The molecule has 0 atom stereocenters. The average molecular weight is 357 g/mol. The maximum atomic E-state index is 13.5. The topological polar surface area (TPSA) is 58.2 Å². The third kappa shape index (κ3) is 3.56. The molecular weight excluding hydrogens is 340 g/mol. The third-order valence-electron chi connectivity index (χ3n) is 4.00. The Hall–Kier alpha value is -3.22. The van der Waals surface area contributed by atoms with E-state index < -0.39 is 5.82 Å². The lowest BCUT2D eigenvalue weighted by Gasteiger charge is -2.18. The summed E-state index contributed by atoms with van der Waals surface area (Å²) < 4.78 is 31.5. The van der Waals surface area contributed by atoms with E-state index in [0.29, 0.717) is 11.3 Å². The molecule has 3 aromatic rings. The summed E-state index contributed by atoms with van der Waals surface area (Å²) in [6.45, 7) is 0.279. The summed E-state index contributed by atoms with van der Waals surface area (Å²) in [6, 6.07) is 9.97. The molecule has 0 aliphatic heterocycles. The fraction of sp³-hybridized carbons (Fsp3) is 0.158. The molecule has 1 amide bonds. The first kappa shape index (κ1) is 17.6. The maximum Gasteiger partial charge on any atom is 0.254 e. The molecule has 0 saturated carbocycles. The summed E-state index contributed by atoms with van der Waals surface area (Å²) in [5.41, 5.74) is 2.57. The molecule has 5 nitrogen and oxygen atoms in total. The molecule has 2 aromatic carbocycles. The number of rotatable bonds is 5. The summed E-state index contributed by atoms with van der Waals surface area (Å²) in [6.07, 6.45) is 1.62. The van der Waals surface area contributed by atoms with E-state index >= 15 is 0 Å². The van der Waals surface area contributed by atoms with Crippen molar-refractivity contribution in [3.05, 3.63) is 71.4 Å². The number of H-pyrrole nitrogens is 1. The molecule has 0 radical (unpaired) electrons. The minimum absolute atomic E-state index is 0.0135. The highest BCUT2D eigenvalue weighted by Gasteiger charge is 2.17. The van der Waals surface area contributed by atoms with Crippen LogP contribution in [0.4, 0.5) is 8.78 Å². The predicted molar refractivity (Wildman–Crippen MR) is 92.7 cm³/mol. The zero-order chi connectivity index (χ0) is 18.7. The van der Waals surface area contributed by atoms with Gasteiger partial charge in [-0.3, -0.25) is 9.89 Å². The van der Waals surface area contributed by atoms with Gasteiger partial charge in [0.2, 0.25) is 0 Å². The summed E-state index contributed by atoms with van der Waals surface area (Å²) in [5.74, 6) is -1.12. The van der Waals surface area contributed by atoms with Gasteiger partial charge in [-0.15, -0.1) is 0 Å². The number of methoxy groups -OCH3 is 1. The van der Waals surface area contributed by atoms with Crippen LogP contribution in [0.2, 0.25) is 0 Å². The number of ether oxygens (including phenoxy) is 1. The van der Waals surface area contributed by atoms with E-state index in [0.717, 1.165) is 11.1 Å². The van der Waals surface area contributed by atoms with Gasteiger partial charge in [-0.25, -0.2) is 8.78 Å². The highest BCUT2D eigenvalue weighted by Crippen LogP contribution is 2.24. The molecule has 0 aliphatic carbocycles. The van der Waals surface area contributed by atoms with Crippen LogP contribution in [0, 0.1) is 11.6 Å². The third-order valence-corrected chi connectivity index (χ3v) is 4.00. The molecule has 134 valence electrons. The number of nitrogens with zero attached hydrogens (tertiary/aromatic N) is 2. The maximum absolute atomic E-state index is 13.5. The molecule has 0 unspecified atom stereocenters. The molecule has 0 spiro atoms. The number of amides is 1. The SMILES string of the molecule is COc1cc(C(=O)N(C)Cc2cn[nH]c2-c2ccc(F)cc2)ccc1F. The van der Waals surface area contributed by atoms with E-state index in [2.05, 4.69) is 10.2 Å². The van der Waals surface area contributed by atoms with Crippen molar-refractivity contribution in [2.45, 2.75) is 6.54 Å². The van der Waals surface area contributed by atoms with Gasteiger partial charge in [0.05, 0.1) is 19.0 Å². The van der Waals surface area contributed by atoms with Gasteiger partial charge in [-0.05, 0) is 42.5 Å². The minimum atomic E-state index is -0.528. The van der Waals surface area contributed by atoms with Crippen LogP contribution in [0.25, 0.3) is 11.3 Å². The van der Waals surface area contributed by atoms with Gasteiger partial charge in [-0.1, -0.05) is 0 Å². The van der Waals surface area contributed by atoms with Gasteiger partial charge in [0.25, 0.3) is 5.91 Å². The zero-order valence-electron chi connectivity index (χ0n) is 14.3. The average Bonchev–Trinajstić information content (AvgIpc) is 3.10. The number of carbonyl (C=O) groups is 1. The molecule has 1 heterocycles. The minimum Gasteiger partial charge on any atom is -0.494 e. The number of nitrogens with one attached hydrogen (secondary N) is 1. The Labute approximate surface area is 149 Å². The summed E-state index contributed by atoms with van der Waals surface area (Å²) in [4.78, 5) is 14.1.